The quantitative estimate of drug-likeness (QED) is 0.793. The van der Waals surface area contributed by atoms with Gasteiger partial charge >= 0.3 is 0 Å². The van der Waals surface area contributed by atoms with Gasteiger partial charge in [-0.15, -0.1) is 11.8 Å². The molecule has 122 valence electrons. The molecule has 3 heterocycles. The van der Waals surface area contributed by atoms with Crippen molar-refractivity contribution in [2.24, 2.45) is 10.4 Å². The monoisotopic (exact) mass is 328 g/mol. The molecule has 23 heavy (non-hydrogen) atoms. The summed E-state index contributed by atoms with van der Waals surface area (Å²) >= 11 is 2.13. The zero-order valence-electron chi connectivity index (χ0n) is 13.9. The summed E-state index contributed by atoms with van der Waals surface area (Å²) in [5, 5.41) is 4.59. The molecule has 3 aliphatic heterocycles. The third-order valence-electron chi connectivity index (χ3n) is 5.93. The number of benzene rings is 1. The van der Waals surface area contributed by atoms with Crippen LogP contribution in [-0.4, -0.2) is 59.0 Å². The van der Waals surface area contributed by atoms with Crippen LogP contribution in [0.4, 0.5) is 11.4 Å². The molecule has 2 saturated heterocycles. The molecule has 1 N–H and O–H groups in total. The second-order valence-electron chi connectivity index (χ2n) is 7.59. The lowest BCUT2D eigenvalue weighted by Gasteiger charge is -2.37. The van der Waals surface area contributed by atoms with E-state index in [9.17, 15) is 0 Å². The second kappa shape index (κ2) is 4.67. The van der Waals surface area contributed by atoms with E-state index < -0.39 is 0 Å². The van der Waals surface area contributed by atoms with Crippen LogP contribution in [-0.2, 0) is 0 Å². The number of para-hydroxylation sites is 2. The van der Waals surface area contributed by atoms with Crippen molar-refractivity contribution >= 4 is 29.0 Å². The average molecular weight is 328 g/mol. The van der Waals surface area contributed by atoms with Gasteiger partial charge in [-0.2, -0.15) is 0 Å². The smallest absolute Gasteiger partial charge is 0.115 e. The first-order chi connectivity index (χ1) is 11.1. The summed E-state index contributed by atoms with van der Waals surface area (Å²) in [5.74, 6) is 1.36. The molecular weight excluding hydrogens is 304 g/mol. The van der Waals surface area contributed by atoms with Crippen LogP contribution in [0.2, 0.25) is 0 Å². The summed E-state index contributed by atoms with van der Waals surface area (Å²) in [6, 6.07) is 8.56. The molecular formula is C18H24N4S. The van der Waals surface area contributed by atoms with Crippen LogP contribution >= 0.6 is 11.8 Å². The minimum atomic E-state index is 0.182. The highest BCUT2D eigenvalue weighted by Crippen LogP contribution is 2.75. The third-order valence-corrected chi connectivity index (χ3v) is 7.54. The first-order valence-electron chi connectivity index (χ1n) is 8.70. The Morgan fingerprint density at radius 3 is 2.83 bits per heavy atom. The summed E-state index contributed by atoms with van der Waals surface area (Å²) in [4.78, 5) is 10.4. The van der Waals surface area contributed by atoms with Gasteiger partial charge in [-0.3, -0.25) is 0 Å². The summed E-state index contributed by atoms with van der Waals surface area (Å²) in [6.07, 6.45) is 2.48. The van der Waals surface area contributed by atoms with Gasteiger partial charge in [0, 0.05) is 31.4 Å². The maximum absolute atomic E-state index is 5.22. The van der Waals surface area contributed by atoms with Crippen molar-refractivity contribution < 1.29 is 0 Å². The Hall–Kier alpha value is -1.20. The highest BCUT2D eigenvalue weighted by atomic mass is 32.2. The van der Waals surface area contributed by atoms with Gasteiger partial charge in [-0.1, -0.05) is 19.1 Å². The normalized spacial score (nSPS) is 38.8. The van der Waals surface area contributed by atoms with Gasteiger partial charge in [0.2, 0.25) is 0 Å². The van der Waals surface area contributed by atoms with Crippen molar-refractivity contribution in [3.05, 3.63) is 24.3 Å². The van der Waals surface area contributed by atoms with Crippen LogP contribution in [0.3, 0.4) is 0 Å². The molecule has 1 aliphatic carbocycles. The molecule has 0 spiro atoms. The Morgan fingerprint density at radius 2 is 2.00 bits per heavy atom. The highest BCUT2D eigenvalue weighted by Gasteiger charge is 2.76. The number of fused-ring (bicyclic) bond motifs is 1. The van der Waals surface area contributed by atoms with Crippen molar-refractivity contribution in [3.63, 3.8) is 0 Å². The third kappa shape index (κ3) is 1.92. The Morgan fingerprint density at radius 1 is 1.22 bits per heavy atom. The Balaban J connectivity index is 1.60. The van der Waals surface area contributed by atoms with Crippen LogP contribution in [0, 0.1) is 5.41 Å². The molecule has 0 amide bonds. The van der Waals surface area contributed by atoms with Gasteiger partial charge in [-0.05, 0) is 32.0 Å². The van der Waals surface area contributed by atoms with Crippen molar-refractivity contribution in [2.75, 3.05) is 38.5 Å². The first-order valence-corrected chi connectivity index (χ1v) is 9.58. The number of anilines is 1. The van der Waals surface area contributed by atoms with Crippen molar-refractivity contribution in [3.8, 4) is 0 Å². The van der Waals surface area contributed by atoms with E-state index in [2.05, 4.69) is 65.1 Å². The van der Waals surface area contributed by atoms with Gasteiger partial charge in [0.05, 0.1) is 21.7 Å². The molecule has 3 unspecified atom stereocenters. The molecule has 0 bridgehead atoms. The molecule has 1 aromatic rings. The predicted octanol–water partition coefficient (Wildman–Crippen LogP) is 3.00. The van der Waals surface area contributed by atoms with Crippen molar-refractivity contribution in [1.82, 2.24) is 9.80 Å². The van der Waals surface area contributed by atoms with Gasteiger partial charge < -0.3 is 15.1 Å². The zero-order chi connectivity index (χ0) is 15.7. The molecule has 3 fully saturated rings. The van der Waals surface area contributed by atoms with E-state index >= 15 is 0 Å². The van der Waals surface area contributed by atoms with Crippen LogP contribution in [0.15, 0.2) is 29.3 Å². The lowest BCUT2D eigenvalue weighted by atomic mass is 9.96. The summed E-state index contributed by atoms with van der Waals surface area (Å²) in [6.45, 7) is 6.86. The maximum Gasteiger partial charge on any atom is 0.115 e. The fourth-order valence-corrected chi connectivity index (χ4v) is 6.65. The fraction of sp³-hybridized carbons (Fsp3) is 0.611. The van der Waals surface area contributed by atoms with Crippen molar-refractivity contribution in [1.29, 1.82) is 0 Å². The van der Waals surface area contributed by atoms with E-state index in [0.717, 1.165) is 31.9 Å². The molecule has 0 radical (unpaired) electrons. The van der Waals surface area contributed by atoms with E-state index in [1.165, 1.54) is 24.4 Å². The number of nitrogens with zero attached hydrogens (tertiary/aromatic N) is 3. The molecule has 5 rings (SSSR count). The van der Waals surface area contributed by atoms with Crippen molar-refractivity contribution in [2.45, 2.75) is 29.9 Å². The Bertz CT molecular complexity index is 681. The fourth-order valence-electron chi connectivity index (χ4n) is 4.70. The zero-order valence-corrected chi connectivity index (χ0v) is 14.7. The van der Waals surface area contributed by atoms with E-state index in [1.807, 2.05) is 0 Å². The molecule has 1 saturated carbocycles. The van der Waals surface area contributed by atoms with E-state index in [0.29, 0.717) is 5.25 Å². The minimum absolute atomic E-state index is 0.182. The number of hydrogen-bond donors (Lipinski definition) is 1. The number of amidine groups is 1. The second-order valence-corrected chi connectivity index (χ2v) is 9.32. The largest absolute Gasteiger partial charge is 0.368 e. The van der Waals surface area contributed by atoms with Gasteiger partial charge in [0.25, 0.3) is 0 Å². The van der Waals surface area contributed by atoms with E-state index in [4.69, 9.17) is 4.99 Å². The van der Waals surface area contributed by atoms with Gasteiger partial charge in [0.15, 0.2) is 0 Å². The molecule has 4 aliphatic rings. The highest BCUT2D eigenvalue weighted by molar-refractivity contribution is 8.02. The number of aliphatic imine (C=N–C) groups is 1. The summed E-state index contributed by atoms with van der Waals surface area (Å²) < 4.78 is 0. The number of rotatable bonds is 0. The lowest BCUT2D eigenvalue weighted by molar-refractivity contribution is 0.207. The standard InChI is InChI=1S/C18H24N4S/c1-13-11-17-12-18(17,23-13)20-15-6-4-3-5-14(15)19-16(17)22-9-7-21(2)8-10-22/h3-6,13,20H,7-12H2,1-2H3. The Kier molecular flexibility index (Phi) is 2.88. The SMILES string of the molecule is CC1CC23CC2(Nc2ccccc2N=C3N2CCN(C)CC2)S1. The minimum Gasteiger partial charge on any atom is -0.368 e. The van der Waals surface area contributed by atoms with Crippen LogP contribution in [0.25, 0.3) is 0 Å². The van der Waals surface area contributed by atoms with E-state index in [1.54, 1.807) is 0 Å². The molecule has 5 heteroatoms. The van der Waals surface area contributed by atoms with Crippen LogP contribution in [0.5, 0.6) is 0 Å². The molecule has 1 aromatic carbocycles. The number of thioether (sulfide) groups is 1. The Labute approximate surface area is 142 Å². The first kappa shape index (κ1) is 14.2. The number of hydrogen-bond acceptors (Lipinski definition) is 5. The summed E-state index contributed by atoms with van der Waals surface area (Å²) in [7, 11) is 2.22. The van der Waals surface area contributed by atoms with Gasteiger partial charge in [0.1, 0.15) is 5.84 Å². The number of piperazine rings is 1. The number of nitrogens with one attached hydrogen (secondary N) is 1. The van der Waals surface area contributed by atoms with E-state index in [-0.39, 0.29) is 10.3 Å². The average Bonchev–Trinajstić information content (AvgIpc) is 3.05. The summed E-state index contributed by atoms with van der Waals surface area (Å²) in [5.41, 5.74) is 2.56. The molecule has 0 aromatic heterocycles. The molecule has 3 atom stereocenters. The molecule has 4 nitrogen and oxygen atoms in total. The van der Waals surface area contributed by atoms with Gasteiger partial charge in [-0.25, -0.2) is 4.99 Å². The number of likely N-dealkylation sites (N-methyl/N-ethyl adjacent to an activating group) is 1. The topological polar surface area (TPSA) is 30.9 Å². The predicted molar refractivity (Wildman–Crippen MR) is 97.7 cm³/mol. The maximum atomic E-state index is 5.22. The lowest BCUT2D eigenvalue weighted by Crippen LogP contribution is -2.50. The van der Waals surface area contributed by atoms with Crippen LogP contribution in [0.1, 0.15) is 19.8 Å². The van der Waals surface area contributed by atoms with Crippen LogP contribution < -0.4 is 5.32 Å².